The molecule has 0 saturated heterocycles. The molecule has 0 fully saturated rings. The van der Waals surface area contributed by atoms with Crippen LogP contribution in [0.5, 0.6) is 0 Å². The summed E-state index contributed by atoms with van der Waals surface area (Å²) in [6, 6.07) is 8.92. The second-order valence-corrected chi connectivity index (χ2v) is 3.51. The highest BCUT2D eigenvalue weighted by Crippen LogP contribution is 2.07. The minimum Gasteiger partial charge on any atom is -0.383 e. The van der Waals surface area contributed by atoms with Crippen LogP contribution in [-0.2, 0) is 11.3 Å². The fraction of sp³-hybridized carbons (Fsp3) is 0.250. The predicted octanol–water partition coefficient (Wildman–Crippen LogP) is 0.915. The van der Waals surface area contributed by atoms with Crippen molar-refractivity contribution in [2.45, 2.75) is 6.54 Å². The van der Waals surface area contributed by atoms with E-state index in [1.54, 1.807) is 31.4 Å². The molecule has 1 aromatic heterocycles. The molecule has 0 aliphatic rings. The van der Waals surface area contributed by atoms with Crippen molar-refractivity contribution in [1.82, 2.24) is 9.55 Å². The molecule has 0 amide bonds. The van der Waals surface area contributed by atoms with Crippen molar-refractivity contribution >= 4 is 10.9 Å². The third-order valence-corrected chi connectivity index (χ3v) is 2.48. The van der Waals surface area contributed by atoms with Gasteiger partial charge in [-0.25, -0.2) is 4.98 Å². The fourth-order valence-electron chi connectivity index (χ4n) is 1.64. The van der Waals surface area contributed by atoms with Crippen LogP contribution in [0, 0.1) is 11.3 Å². The van der Waals surface area contributed by atoms with Gasteiger partial charge in [0.15, 0.2) is 0 Å². The van der Waals surface area contributed by atoms with Crippen molar-refractivity contribution in [2.75, 3.05) is 13.7 Å². The molecule has 2 rings (SSSR count). The summed E-state index contributed by atoms with van der Waals surface area (Å²) < 4.78 is 6.25. The zero-order valence-corrected chi connectivity index (χ0v) is 9.38. The Hall–Kier alpha value is -2.19. The van der Waals surface area contributed by atoms with Crippen LogP contribution in [0.15, 0.2) is 29.1 Å². The molecule has 0 aliphatic carbocycles. The highest BCUT2D eigenvalue weighted by atomic mass is 16.5. The summed E-state index contributed by atoms with van der Waals surface area (Å²) >= 11 is 0. The van der Waals surface area contributed by atoms with E-state index < -0.39 is 0 Å². The molecule has 5 nitrogen and oxygen atoms in total. The molecule has 0 aliphatic heterocycles. The maximum atomic E-state index is 12.1. The standard InChI is InChI=1S/C12H11N3O2/c1-17-7-6-15-11(8-13)14-10-5-3-2-4-9(10)12(15)16/h2-5H,6-7H2,1H3. The van der Waals surface area contributed by atoms with Gasteiger partial charge in [0, 0.05) is 7.11 Å². The number of hydrogen-bond donors (Lipinski definition) is 0. The molecule has 0 bridgehead atoms. The summed E-state index contributed by atoms with van der Waals surface area (Å²) in [5.41, 5.74) is 0.340. The van der Waals surface area contributed by atoms with Crippen molar-refractivity contribution < 1.29 is 4.74 Å². The highest BCUT2D eigenvalue weighted by molar-refractivity contribution is 5.77. The average molecular weight is 229 g/mol. The van der Waals surface area contributed by atoms with Gasteiger partial charge in [-0.3, -0.25) is 9.36 Å². The van der Waals surface area contributed by atoms with Gasteiger partial charge in [-0.15, -0.1) is 0 Å². The number of hydrogen-bond acceptors (Lipinski definition) is 4. The summed E-state index contributed by atoms with van der Waals surface area (Å²) in [5.74, 6) is 0.116. The first-order valence-corrected chi connectivity index (χ1v) is 5.16. The first-order valence-electron chi connectivity index (χ1n) is 5.16. The van der Waals surface area contributed by atoms with Crippen LogP contribution < -0.4 is 5.56 Å². The van der Waals surface area contributed by atoms with Crippen molar-refractivity contribution in [2.24, 2.45) is 0 Å². The molecule has 86 valence electrons. The maximum Gasteiger partial charge on any atom is 0.262 e. The predicted molar refractivity (Wildman–Crippen MR) is 62.6 cm³/mol. The molecule has 5 heteroatoms. The van der Waals surface area contributed by atoms with Gasteiger partial charge in [0.25, 0.3) is 5.56 Å². The van der Waals surface area contributed by atoms with Crippen LogP contribution >= 0.6 is 0 Å². The molecular weight excluding hydrogens is 218 g/mol. The lowest BCUT2D eigenvalue weighted by atomic mass is 10.2. The Kier molecular flexibility index (Phi) is 3.17. The number of methoxy groups -OCH3 is 1. The van der Waals surface area contributed by atoms with Crippen LogP contribution in [-0.4, -0.2) is 23.3 Å². The van der Waals surface area contributed by atoms with Gasteiger partial charge in [0.1, 0.15) is 6.07 Å². The Balaban J connectivity index is 2.69. The lowest BCUT2D eigenvalue weighted by Gasteiger charge is -2.08. The number of ether oxygens (including phenoxy) is 1. The van der Waals surface area contributed by atoms with Crippen LogP contribution in [0.25, 0.3) is 10.9 Å². The second-order valence-electron chi connectivity index (χ2n) is 3.51. The molecular formula is C12H11N3O2. The number of rotatable bonds is 3. The zero-order chi connectivity index (χ0) is 12.3. The lowest BCUT2D eigenvalue weighted by molar-refractivity contribution is 0.185. The molecule has 17 heavy (non-hydrogen) atoms. The molecule has 1 heterocycles. The monoisotopic (exact) mass is 229 g/mol. The number of para-hydroxylation sites is 1. The van der Waals surface area contributed by atoms with Crippen LogP contribution in [0.1, 0.15) is 5.82 Å². The minimum absolute atomic E-state index is 0.116. The van der Waals surface area contributed by atoms with Crippen LogP contribution in [0.2, 0.25) is 0 Å². The maximum absolute atomic E-state index is 12.1. The number of aromatic nitrogens is 2. The summed E-state index contributed by atoms with van der Waals surface area (Å²) in [7, 11) is 1.55. The smallest absolute Gasteiger partial charge is 0.262 e. The van der Waals surface area contributed by atoms with Crippen LogP contribution in [0.4, 0.5) is 0 Å². The van der Waals surface area contributed by atoms with E-state index in [2.05, 4.69) is 4.98 Å². The van der Waals surface area contributed by atoms with Gasteiger partial charge in [-0.05, 0) is 12.1 Å². The van der Waals surface area contributed by atoms with Crippen molar-refractivity contribution in [3.63, 3.8) is 0 Å². The van der Waals surface area contributed by atoms with E-state index in [9.17, 15) is 4.79 Å². The van der Waals surface area contributed by atoms with Gasteiger partial charge in [-0.1, -0.05) is 12.1 Å². The van der Waals surface area contributed by atoms with E-state index in [1.165, 1.54) is 4.57 Å². The Bertz CT molecular complexity index is 640. The summed E-state index contributed by atoms with van der Waals surface area (Å²) in [5, 5.41) is 9.50. The van der Waals surface area contributed by atoms with E-state index >= 15 is 0 Å². The molecule has 0 N–H and O–H groups in total. The van der Waals surface area contributed by atoms with Crippen molar-refractivity contribution in [3.05, 3.63) is 40.4 Å². The Morgan fingerprint density at radius 1 is 1.47 bits per heavy atom. The van der Waals surface area contributed by atoms with Gasteiger partial charge in [0.2, 0.25) is 5.82 Å². The molecule has 0 saturated carbocycles. The topological polar surface area (TPSA) is 67.9 Å². The van der Waals surface area contributed by atoms with Crippen molar-refractivity contribution in [3.8, 4) is 6.07 Å². The number of benzene rings is 1. The van der Waals surface area contributed by atoms with Gasteiger partial charge < -0.3 is 4.74 Å². The molecule has 0 spiro atoms. The third kappa shape index (κ3) is 2.03. The second kappa shape index (κ2) is 4.76. The number of nitriles is 1. The average Bonchev–Trinajstić information content (AvgIpc) is 2.37. The SMILES string of the molecule is COCCn1c(C#N)nc2ccccc2c1=O. The first kappa shape index (κ1) is 11.3. The fourth-order valence-corrected chi connectivity index (χ4v) is 1.64. The molecule has 0 radical (unpaired) electrons. The molecule has 0 unspecified atom stereocenters. The van der Waals surface area contributed by atoms with E-state index in [-0.39, 0.29) is 11.4 Å². The largest absolute Gasteiger partial charge is 0.383 e. The minimum atomic E-state index is -0.204. The van der Waals surface area contributed by atoms with Gasteiger partial charge >= 0.3 is 0 Å². The van der Waals surface area contributed by atoms with Gasteiger partial charge in [-0.2, -0.15) is 5.26 Å². The molecule has 1 aromatic carbocycles. The lowest BCUT2D eigenvalue weighted by Crippen LogP contribution is -2.26. The normalized spacial score (nSPS) is 10.4. The number of fused-ring (bicyclic) bond motifs is 1. The summed E-state index contributed by atoms with van der Waals surface area (Å²) in [6.45, 7) is 0.699. The van der Waals surface area contributed by atoms with E-state index in [1.807, 2.05) is 6.07 Å². The highest BCUT2D eigenvalue weighted by Gasteiger charge is 2.09. The van der Waals surface area contributed by atoms with E-state index in [4.69, 9.17) is 10.00 Å². The summed E-state index contributed by atoms with van der Waals surface area (Å²) in [6.07, 6.45) is 0. The molecule has 2 aromatic rings. The third-order valence-electron chi connectivity index (χ3n) is 2.48. The first-order chi connectivity index (χ1) is 8.27. The van der Waals surface area contributed by atoms with E-state index in [0.29, 0.717) is 24.1 Å². The molecule has 0 atom stereocenters. The van der Waals surface area contributed by atoms with Crippen LogP contribution in [0.3, 0.4) is 0 Å². The quantitative estimate of drug-likeness (QED) is 0.784. The Morgan fingerprint density at radius 3 is 2.94 bits per heavy atom. The number of nitrogens with zero attached hydrogens (tertiary/aromatic N) is 3. The Labute approximate surface area is 97.9 Å². The van der Waals surface area contributed by atoms with E-state index in [0.717, 1.165) is 0 Å². The Morgan fingerprint density at radius 2 is 2.24 bits per heavy atom. The van der Waals surface area contributed by atoms with Crippen molar-refractivity contribution in [1.29, 1.82) is 5.26 Å². The summed E-state index contributed by atoms with van der Waals surface area (Å²) in [4.78, 5) is 16.3. The van der Waals surface area contributed by atoms with Gasteiger partial charge in [0.05, 0.1) is 24.1 Å². The zero-order valence-electron chi connectivity index (χ0n) is 9.38.